The van der Waals surface area contributed by atoms with E-state index in [1.165, 1.54) is 6.20 Å². The molecule has 1 saturated carbocycles. The molecule has 5 heteroatoms. The summed E-state index contributed by atoms with van der Waals surface area (Å²) in [4.78, 5) is 15.5. The molecule has 0 saturated heterocycles. The van der Waals surface area contributed by atoms with Crippen molar-refractivity contribution in [2.75, 3.05) is 0 Å². The van der Waals surface area contributed by atoms with Crippen molar-refractivity contribution < 1.29 is 9.53 Å². The topological polar surface area (TPSA) is 51.2 Å². The van der Waals surface area contributed by atoms with Crippen molar-refractivity contribution in [2.45, 2.75) is 31.9 Å². The number of carbonyl (C=O) groups excluding carboxylic acids is 1. The predicted octanol–water partition coefficient (Wildman–Crippen LogP) is 1.78. The molecular weight excluding hydrogens is 228 g/mol. The third kappa shape index (κ3) is 3.10. The average molecular weight is 241 g/mol. The van der Waals surface area contributed by atoms with Gasteiger partial charge in [-0.3, -0.25) is 4.79 Å². The molecule has 0 radical (unpaired) electrons. The van der Waals surface area contributed by atoms with Gasteiger partial charge in [0.05, 0.1) is 6.20 Å². The van der Waals surface area contributed by atoms with Gasteiger partial charge in [0.15, 0.2) is 6.10 Å². The average Bonchev–Trinajstić information content (AvgIpc) is 3.05. The molecule has 1 aromatic heterocycles. The maximum absolute atomic E-state index is 11.6. The third-order valence-electron chi connectivity index (χ3n) is 2.31. The number of ether oxygens (including phenoxy) is 1. The zero-order chi connectivity index (χ0) is 11.5. The van der Waals surface area contributed by atoms with E-state index in [0.717, 1.165) is 12.8 Å². The summed E-state index contributed by atoms with van der Waals surface area (Å²) in [5.74, 6) is 0.459. The molecule has 0 bridgehead atoms. The minimum absolute atomic E-state index is 0.0857. The first kappa shape index (κ1) is 11.2. The summed E-state index contributed by atoms with van der Waals surface area (Å²) in [6, 6.07) is 3.67. The van der Waals surface area contributed by atoms with Gasteiger partial charge in [0, 0.05) is 6.04 Å². The molecule has 1 amide bonds. The second kappa shape index (κ2) is 4.70. The number of pyridine rings is 1. The molecule has 1 heterocycles. The highest BCUT2D eigenvalue weighted by Gasteiger charge is 2.26. The summed E-state index contributed by atoms with van der Waals surface area (Å²) in [6.45, 7) is 1.71. The number of amides is 1. The Bertz CT molecular complexity index is 376. The van der Waals surface area contributed by atoms with E-state index >= 15 is 0 Å². The molecule has 1 aliphatic rings. The standard InChI is InChI=1S/C11H13ClN2O2/c1-7(11(15)14-8-2-3-8)16-9-4-5-10(12)13-6-9/h4-8H,2-3H2,1H3,(H,14,15). The highest BCUT2D eigenvalue weighted by Crippen LogP contribution is 2.19. The largest absolute Gasteiger partial charge is 0.479 e. The van der Waals surface area contributed by atoms with Crippen LogP contribution in [0.15, 0.2) is 18.3 Å². The van der Waals surface area contributed by atoms with Gasteiger partial charge in [-0.1, -0.05) is 11.6 Å². The Balaban J connectivity index is 1.87. The van der Waals surface area contributed by atoms with Crippen LogP contribution in [0.4, 0.5) is 0 Å². The summed E-state index contributed by atoms with van der Waals surface area (Å²) in [5, 5.41) is 3.28. The molecule has 1 aromatic rings. The van der Waals surface area contributed by atoms with Crippen molar-refractivity contribution in [3.05, 3.63) is 23.5 Å². The summed E-state index contributed by atoms with van der Waals surface area (Å²) < 4.78 is 5.43. The van der Waals surface area contributed by atoms with Crippen molar-refractivity contribution in [3.8, 4) is 5.75 Å². The predicted molar refractivity (Wildman–Crippen MR) is 60.5 cm³/mol. The number of carbonyl (C=O) groups is 1. The Labute approximate surface area is 99.0 Å². The first-order valence-electron chi connectivity index (χ1n) is 5.24. The Morgan fingerprint density at radius 1 is 1.62 bits per heavy atom. The minimum atomic E-state index is -0.511. The minimum Gasteiger partial charge on any atom is -0.479 e. The molecule has 2 rings (SSSR count). The fourth-order valence-electron chi connectivity index (χ4n) is 1.24. The quantitative estimate of drug-likeness (QED) is 0.817. The molecule has 86 valence electrons. The Morgan fingerprint density at radius 3 is 2.94 bits per heavy atom. The van der Waals surface area contributed by atoms with Gasteiger partial charge in [0.2, 0.25) is 0 Å². The number of aromatic nitrogens is 1. The van der Waals surface area contributed by atoms with Crippen molar-refractivity contribution in [1.29, 1.82) is 0 Å². The van der Waals surface area contributed by atoms with Crippen LogP contribution in [-0.2, 0) is 4.79 Å². The number of nitrogens with zero attached hydrogens (tertiary/aromatic N) is 1. The Morgan fingerprint density at radius 2 is 2.38 bits per heavy atom. The summed E-state index contributed by atoms with van der Waals surface area (Å²) in [6.07, 6.45) is 3.13. The summed E-state index contributed by atoms with van der Waals surface area (Å²) in [7, 11) is 0. The van der Waals surface area contributed by atoms with Crippen molar-refractivity contribution in [1.82, 2.24) is 10.3 Å². The summed E-state index contributed by atoms with van der Waals surface area (Å²) >= 11 is 5.64. The van der Waals surface area contributed by atoms with Gasteiger partial charge in [-0.15, -0.1) is 0 Å². The van der Waals surface area contributed by atoms with Gasteiger partial charge < -0.3 is 10.1 Å². The monoisotopic (exact) mass is 240 g/mol. The number of halogens is 1. The van der Waals surface area contributed by atoms with E-state index in [1.54, 1.807) is 19.1 Å². The molecule has 0 spiro atoms. The molecular formula is C11H13ClN2O2. The molecule has 1 N–H and O–H groups in total. The van der Waals surface area contributed by atoms with E-state index in [-0.39, 0.29) is 5.91 Å². The van der Waals surface area contributed by atoms with Gasteiger partial charge in [0.1, 0.15) is 10.9 Å². The SMILES string of the molecule is CC(Oc1ccc(Cl)nc1)C(=O)NC1CC1. The fraction of sp³-hybridized carbons (Fsp3) is 0.455. The second-order valence-corrected chi connectivity index (χ2v) is 4.25. The van der Waals surface area contributed by atoms with Crippen LogP contribution >= 0.6 is 11.6 Å². The van der Waals surface area contributed by atoms with E-state index in [4.69, 9.17) is 16.3 Å². The van der Waals surface area contributed by atoms with E-state index < -0.39 is 6.10 Å². The highest BCUT2D eigenvalue weighted by atomic mass is 35.5. The maximum atomic E-state index is 11.6. The van der Waals surface area contributed by atoms with Gasteiger partial charge in [-0.2, -0.15) is 0 Å². The number of rotatable bonds is 4. The lowest BCUT2D eigenvalue weighted by Gasteiger charge is -2.13. The van der Waals surface area contributed by atoms with Crippen LogP contribution in [0.5, 0.6) is 5.75 Å². The van der Waals surface area contributed by atoms with Gasteiger partial charge >= 0.3 is 0 Å². The van der Waals surface area contributed by atoms with Crippen LogP contribution in [0.1, 0.15) is 19.8 Å². The molecule has 1 atom stereocenters. The maximum Gasteiger partial charge on any atom is 0.260 e. The van der Waals surface area contributed by atoms with Crippen molar-refractivity contribution in [3.63, 3.8) is 0 Å². The second-order valence-electron chi connectivity index (χ2n) is 3.86. The molecule has 1 unspecified atom stereocenters. The van der Waals surface area contributed by atoms with E-state index in [1.807, 2.05) is 0 Å². The molecule has 0 aliphatic heterocycles. The molecule has 16 heavy (non-hydrogen) atoms. The number of hydrogen-bond donors (Lipinski definition) is 1. The van der Waals surface area contributed by atoms with Gasteiger partial charge in [-0.05, 0) is 31.9 Å². The normalized spacial score (nSPS) is 16.6. The van der Waals surface area contributed by atoms with E-state index in [2.05, 4.69) is 10.3 Å². The van der Waals surface area contributed by atoms with Gasteiger partial charge in [-0.25, -0.2) is 4.98 Å². The molecule has 0 aromatic carbocycles. The first-order chi connectivity index (χ1) is 7.65. The summed E-state index contributed by atoms with van der Waals surface area (Å²) in [5.41, 5.74) is 0. The van der Waals surface area contributed by atoms with Crippen LogP contribution < -0.4 is 10.1 Å². The molecule has 1 fully saturated rings. The zero-order valence-electron chi connectivity index (χ0n) is 8.94. The molecule has 4 nitrogen and oxygen atoms in total. The lowest BCUT2D eigenvalue weighted by Crippen LogP contribution is -2.37. The lowest BCUT2D eigenvalue weighted by molar-refractivity contribution is -0.127. The van der Waals surface area contributed by atoms with Crippen LogP contribution in [0.3, 0.4) is 0 Å². The van der Waals surface area contributed by atoms with Gasteiger partial charge in [0.25, 0.3) is 5.91 Å². The molecule has 1 aliphatic carbocycles. The zero-order valence-corrected chi connectivity index (χ0v) is 9.70. The van der Waals surface area contributed by atoms with E-state index in [9.17, 15) is 4.79 Å². The van der Waals surface area contributed by atoms with Crippen LogP contribution in [0, 0.1) is 0 Å². The first-order valence-corrected chi connectivity index (χ1v) is 5.61. The smallest absolute Gasteiger partial charge is 0.260 e. The third-order valence-corrected chi connectivity index (χ3v) is 2.53. The Kier molecular flexibility index (Phi) is 3.29. The lowest BCUT2D eigenvalue weighted by atomic mass is 10.3. The van der Waals surface area contributed by atoms with Crippen LogP contribution in [0.2, 0.25) is 5.15 Å². The number of hydrogen-bond acceptors (Lipinski definition) is 3. The van der Waals surface area contributed by atoms with Crippen LogP contribution in [0.25, 0.3) is 0 Å². The van der Waals surface area contributed by atoms with E-state index in [0.29, 0.717) is 16.9 Å². The van der Waals surface area contributed by atoms with Crippen molar-refractivity contribution in [2.24, 2.45) is 0 Å². The fourth-order valence-corrected chi connectivity index (χ4v) is 1.35. The highest BCUT2D eigenvalue weighted by molar-refractivity contribution is 6.29. The number of nitrogens with one attached hydrogen (secondary N) is 1. The Hall–Kier alpha value is -1.29. The van der Waals surface area contributed by atoms with Crippen molar-refractivity contribution >= 4 is 17.5 Å². The van der Waals surface area contributed by atoms with Crippen LogP contribution in [-0.4, -0.2) is 23.0 Å².